The molecule has 0 atom stereocenters. The van der Waals surface area contributed by atoms with Crippen LogP contribution in [0.25, 0.3) is 5.82 Å². The van der Waals surface area contributed by atoms with E-state index < -0.39 is 0 Å². The van der Waals surface area contributed by atoms with Crippen LogP contribution in [0.5, 0.6) is 0 Å². The summed E-state index contributed by atoms with van der Waals surface area (Å²) in [6.07, 6.45) is 9.25. The van der Waals surface area contributed by atoms with Gasteiger partial charge in [0.1, 0.15) is 18.0 Å². The number of benzene rings is 1. The highest BCUT2D eigenvalue weighted by atomic mass is 127. The maximum Gasteiger partial charge on any atom is 0.191 e. The molecule has 1 aromatic carbocycles. The number of hydrogen-bond acceptors (Lipinski definition) is 3. The van der Waals surface area contributed by atoms with E-state index in [1.807, 2.05) is 35.2 Å². The van der Waals surface area contributed by atoms with Crippen LogP contribution >= 0.6 is 24.0 Å². The number of hydrogen-bond donors (Lipinski definition) is 2. The average Bonchev–Trinajstić information content (AvgIpc) is 3.32. The lowest BCUT2D eigenvalue weighted by Gasteiger charge is -2.19. The number of guanidine groups is 1. The molecule has 1 fully saturated rings. The third-order valence-electron chi connectivity index (χ3n) is 5.15. The molecular formula is C21H24FIN6. The number of imidazole rings is 1. The molecule has 0 unspecified atom stereocenters. The second-order valence-electron chi connectivity index (χ2n) is 7.06. The average molecular weight is 506 g/mol. The Hall–Kier alpha value is -2.49. The fourth-order valence-electron chi connectivity index (χ4n) is 3.26. The van der Waals surface area contributed by atoms with E-state index in [2.05, 4.69) is 25.6 Å². The van der Waals surface area contributed by atoms with Gasteiger partial charge in [0.15, 0.2) is 5.96 Å². The van der Waals surface area contributed by atoms with Crippen molar-refractivity contribution in [3.8, 4) is 5.82 Å². The number of pyridine rings is 1. The van der Waals surface area contributed by atoms with Crippen LogP contribution < -0.4 is 10.6 Å². The van der Waals surface area contributed by atoms with Crippen molar-refractivity contribution in [2.75, 3.05) is 13.6 Å². The van der Waals surface area contributed by atoms with Crippen LogP contribution in [0, 0.1) is 5.82 Å². The third kappa shape index (κ3) is 5.11. The van der Waals surface area contributed by atoms with Crippen molar-refractivity contribution in [3.05, 3.63) is 78.3 Å². The Morgan fingerprint density at radius 2 is 2.10 bits per heavy atom. The topological polar surface area (TPSA) is 67.1 Å². The van der Waals surface area contributed by atoms with E-state index in [0.717, 1.165) is 42.3 Å². The Bertz CT molecular complexity index is 952. The molecule has 0 radical (unpaired) electrons. The van der Waals surface area contributed by atoms with Gasteiger partial charge in [0.2, 0.25) is 0 Å². The Morgan fingerprint density at radius 1 is 1.24 bits per heavy atom. The molecule has 8 heteroatoms. The van der Waals surface area contributed by atoms with Crippen LogP contribution in [0.2, 0.25) is 0 Å². The molecule has 6 nitrogen and oxygen atoms in total. The highest BCUT2D eigenvalue weighted by Gasteiger charge is 2.44. The molecule has 0 spiro atoms. The van der Waals surface area contributed by atoms with Gasteiger partial charge >= 0.3 is 0 Å². The molecule has 0 bridgehead atoms. The summed E-state index contributed by atoms with van der Waals surface area (Å²) in [5.41, 5.74) is 2.11. The minimum Gasteiger partial charge on any atom is -0.356 e. The van der Waals surface area contributed by atoms with Crippen molar-refractivity contribution < 1.29 is 4.39 Å². The van der Waals surface area contributed by atoms with Crippen molar-refractivity contribution in [1.82, 2.24) is 25.2 Å². The molecule has 1 aliphatic rings. The summed E-state index contributed by atoms with van der Waals surface area (Å²) in [4.78, 5) is 12.8. The minimum absolute atomic E-state index is 0. The molecule has 0 amide bonds. The van der Waals surface area contributed by atoms with Gasteiger partial charge < -0.3 is 10.6 Å². The Morgan fingerprint density at radius 3 is 2.72 bits per heavy atom. The first-order valence-corrected chi connectivity index (χ1v) is 9.32. The Kier molecular flexibility index (Phi) is 6.83. The summed E-state index contributed by atoms with van der Waals surface area (Å²) in [5, 5.41) is 6.69. The molecule has 0 saturated heterocycles. The second kappa shape index (κ2) is 9.34. The number of rotatable bonds is 6. The largest absolute Gasteiger partial charge is 0.356 e. The maximum atomic E-state index is 13.5. The quantitative estimate of drug-likeness (QED) is 0.306. The molecule has 29 heavy (non-hydrogen) atoms. The van der Waals surface area contributed by atoms with Crippen molar-refractivity contribution in [2.24, 2.45) is 4.99 Å². The van der Waals surface area contributed by atoms with Gasteiger partial charge in [-0.05, 0) is 42.2 Å². The van der Waals surface area contributed by atoms with Gasteiger partial charge in [0, 0.05) is 44.1 Å². The van der Waals surface area contributed by atoms with Crippen molar-refractivity contribution >= 4 is 29.9 Å². The van der Waals surface area contributed by atoms with Crippen LogP contribution in [-0.2, 0) is 12.0 Å². The lowest BCUT2D eigenvalue weighted by atomic mass is 9.96. The van der Waals surface area contributed by atoms with Crippen molar-refractivity contribution in [2.45, 2.75) is 24.8 Å². The zero-order chi connectivity index (χ0) is 19.4. The summed E-state index contributed by atoms with van der Waals surface area (Å²) in [5.74, 6) is 1.37. The zero-order valence-corrected chi connectivity index (χ0v) is 18.5. The molecule has 3 aromatic rings. The SMILES string of the molecule is CN=C(NCc1ccc(-n2ccnc2)nc1)NCC1(c2cccc(F)c2)CC1.I. The molecular weight excluding hydrogens is 482 g/mol. The second-order valence-corrected chi connectivity index (χ2v) is 7.06. The summed E-state index contributed by atoms with van der Waals surface area (Å²) in [6, 6.07) is 10.9. The summed E-state index contributed by atoms with van der Waals surface area (Å²) >= 11 is 0. The first-order chi connectivity index (χ1) is 13.7. The smallest absolute Gasteiger partial charge is 0.191 e. The van der Waals surface area contributed by atoms with Crippen molar-refractivity contribution in [1.29, 1.82) is 0 Å². The van der Waals surface area contributed by atoms with Crippen LogP contribution in [0.1, 0.15) is 24.0 Å². The molecule has 2 heterocycles. The first kappa shape index (κ1) is 21.2. The standard InChI is InChI=1S/C21H23FN6.HI/c1-23-20(27-14-21(7-8-21)17-3-2-4-18(22)11-17)26-13-16-5-6-19(25-12-16)28-10-9-24-15-28;/h2-6,9-12,15H,7-8,13-14H2,1H3,(H2,23,26,27);1H. The number of nitrogens with zero attached hydrogens (tertiary/aromatic N) is 4. The van der Waals surface area contributed by atoms with E-state index in [1.54, 1.807) is 31.7 Å². The molecule has 152 valence electrons. The molecule has 4 rings (SSSR count). The molecule has 2 N–H and O–H groups in total. The van der Waals surface area contributed by atoms with Crippen LogP contribution in [-0.4, -0.2) is 34.1 Å². The fraction of sp³-hybridized carbons (Fsp3) is 0.286. The lowest BCUT2D eigenvalue weighted by Crippen LogP contribution is -2.40. The zero-order valence-electron chi connectivity index (χ0n) is 16.2. The number of aliphatic imine (C=N–C) groups is 1. The van der Waals surface area contributed by atoms with Gasteiger partial charge in [-0.25, -0.2) is 14.4 Å². The fourth-order valence-corrected chi connectivity index (χ4v) is 3.26. The third-order valence-corrected chi connectivity index (χ3v) is 5.15. The van der Waals surface area contributed by atoms with E-state index in [9.17, 15) is 4.39 Å². The normalized spacial score (nSPS) is 14.8. The van der Waals surface area contributed by atoms with Gasteiger partial charge in [-0.2, -0.15) is 0 Å². The van der Waals surface area contributed by atoms with Crippen LogP contribution in [0.4, 0.5) is 4.39 Å². The predicted molar refractivity (Wildman–Crippen MR) is 122 cm³/mol. The van der Waals surface area contributed by atoms with Crippen LogP contribution in [0.15, 0.2) is 66.3 Å². The number of aromatic nitrogens is 3. The number of nitrogens with one attached hydrogen (secondary N) is 2. The van der Waals surface area contributed by atoms with Gasteiger partial charge in [0.25, 0.3) is 0 Å². The molecule has 1 aliphatic carbocycles. The van der Waals surface area contributed by atoms with Gasteiger partial charge in [-0.3, -0.25) is 9.56 Å². The van der Waals surface area contributed by atoms with E-state index in [4.69, 9.17) is 0 Å². The van der Waals surface area contributed by atoms with Gasteiger partial charge in [-0.1, -0.05) is 18.2 Å². The van der Waals surface area contributed by atoms with Gasteiger partial charge in [0.05, 0.1) is 0 Å². The van der Waals surface area contributed by atoms with Crippen LogP contribution in [0.3, 0.4) is 0 Å². The number of halogens is 2. The van der Waals surface area contributed by atoms with E-state index in [1.165, 1.54) is 6.07 Å². The van der Waals surface area contributed by atoms with E-state index in [0.29, 0.717) is 6.54 Å². The van der Waals surface area contributed by atoms with Gasteiger partial charge in [-0.15, -0.1) is 24.0 Å². The molecule has 2 aromatic heterocycles. The molecule has 1 saturated carbocycles. The van der Waals surface area contributed by atoms with Crippen molar-refractivity contribution in [3.63, 3.8) is 0 Å². The maximum absolute atomic E-state index is 13.5. The summed E-state index contributed by atoms with van der Waals surface area (Å²) in [6.45, 7) is 1.35. The summed E-state index contributed by atoms with van der Waals surface area (Å²) < 4.78 is 15.4. The minimum atomic E-state index is -0.182. The summed E-state index contributed by atoms with van der Waals surface area (Å²) in [7, 11) is 1.75. The highest BCUT2D eigenvalue weighted by Crippen LogP contribution is 2.47. The molecule has 0 aliphatic heterocycles. The lowest BCUT2D eigenvalue weighted by molar-refractivity contribution is 0.607. The monoisotopic (exact) mass is 506 g/mol. The van der Waals surface area contributed by atoms with E-state index in [-0.39, 0.29) is 35.2 Å². The highest BCUT2D eigenvalue weighted by molar-refractivity contribution is 14.0. The first-order valence-electron chi connectivity index (χ1n) is 9.32. The Labute approximate surface area is 186 Å². The Balaban J connectivity index is 0.00000240. The predicted octanol–water partition coefficient (Wildman–Crippen LogP) is 3.42. The van der Waals surface area contributed by atoms with E-state index >= 15 is 0 Å².